The third kappa shape index (κ3) is 5.20. The van der Waals surface area contributed by atoms with E-state index in [2.05, 4.69) is 10.6 Å². The fourth-order valence-corrected chi connectivity index (χ4v) is 3.28. The number of amides is 2. The summed E-state index contributed by atoms with van der Waals surface area (Å²) in [5, 5.41) is 15.7. The predicted octanol–water partition coefficient (Wildman–Crippen LogP) is 5.29. The molecule has 3 aromatic carbocycles. The number of phenolic OH excluding ortho intramolecular Hbond substituents is 1. The van der Waals surface area contributed by atoms with Crippen molar-refractivity contribution in [3.63, 3.8) is 0 Å². The van der Waals surface area contributed by atoms with Crippen LogP contribution in [0.3, 0.4) is 0 Å². The Labute approximate surface area is 182 Å². The highest BCUT2D eigenvalue weighted by Gasteiger charge is 2.20. The Balaban J connectivity index is 2.00. The molecule has 3 rings (SSSR count). The Bertz CT molecular complexity index is 1090. The minimum atomic E-state index is -0.510. The molecule has 3 aromatic rings. The molecule has 5 nitrogen and oxygen atoms in total. The highest BCUT2D eigenvalue weighted by Crippen LogP contribution is 2.25. The van der Waals surface area contributed by atoms with Gasteiger partial charge in [-0.15, -0.1) is 0 Å². The third-order valence-corrected chi connectivity index (χ3v) is 5.10. The number of carbonyl (C=O) groups is 2. The Kier molecular flexibility index (Phi) is 6.55. The number of rotatable bonds is 5. The van der Waals surface area contributed by atoms with Crippen molar-refractivity contribution in [3.8, 4) is 5.75 Å². The van der Waals surface area contributed by atoms with Crippen molar-refractivity contribution in [2.24, 2.45) is 0 Å². The molecule has 0 radical (unpaired) electrons. The van der Waals surface area contributed by atoms with E-state index in [4.69, 9.17) is 0 Å². The lowest BCUT2D eigenvalue weighted by Gasteiger charge is -2.13. The number of nitrogens with one attached hydrogen (secondary N) is 2. The number of phenols is 1. The van der Waals surface area contributed by atoms with Crippen LogP contribution in [0, 0.1) is 27.7 Å². The zero-order valence-electron chi connectivity index (χ0n) is 18.1. The number of hydrogen-bond acceptors (Lipinski definition) is 3. The van der Waals surface area contributed by atoms with Gasteiger partial charge in [-0.05, 0) is 85.9 Å². The average Bonchev–Trinajstić information content (AvgIpc) is 2.73. The minimum Gasteiger partial charge on any atom is -0.507 e. The maximum absolute atomic E-state index is 13.1. The summed E-state index contributed by atoms with van der Waals surface area (Å²) in [6, 6.07) is 18.3. The molecular weight excluding hydrogens is 388 g/mol. The molecule has 0 saturated carbocycles. The normalized spacial score (nSPS) is 10.3. The standard InChI is InChI=1S/C26H26N2O3/c1-16-9-5-7-11-22(16)27-25(30)21(15-20-13-18(3)24(29)19(4)14-20)26(31)28-23-12-8-6-10-17(23)2/h5-15,29H,1-4H3,(H,27,30)(H,28,31). The second-order valence-corrected chi connectivity index (χ2v) is 7.60. The van der Waals surface area contributed by atoms with Gasteiger partial charge in [0.1, 0.15) is 11.3 Å². The number of aryl methyl sites for hydroxylation is 4. The zero-order valence-corrected chi connectivity index (χ0v) is 18.1. The first kappa shape index (κ1) is 21.8. The summed E-state index contributed by atoms with van der Waals surface area (Å²) in [4.78, 5) is 26.3. The van der Waals surface area contributed by atoms with Crippen LogP contribution in [0.25, 0.3) is 6.08 Å². The molecule has 0 unspecified atom stereocenters. The van der Waals surface area contributed by atoms with Crippen LogP contribution in [0.2, 0.25) is 0 Å². The van der Waals surface area contributed by atoms with Crippen molar-refractivity contribution >= 4 is 29.3 Å². The molecule has 0 fully saturated rings. The van der Waals surface area contributed by atoms with Crippen molar-refractivity contribution in [2.75, 3.05) is 10.6 Å². The Morgan fingerprint density at radius 1 is 0.710 bits per heavy atom. The fourth-order valence-electron chi connectivity index (χ4n) is 3.28. The van der Waals surface area contributed by atoms with Crippen LogP contribution in [-0.4, -0.2) is 16.9 Å². The van der Waals surface area contributed by atoms with E-state index in [9.17, 15) is 14.7 Å². The SMILES string of the molecule is Cc1ccccc1NC(=O)C(=Cc1cc(C)c(O)c(C)c1)C(=O)Nc1ccccc1C. The molecule has 0 bridgehead atoms. The van der Waals surface area contributed by atoms with Crippen LogP contribution in [0.5, 0.6) is 5.75 Å². The molecular formula is C26H26N2O3. The average molecular weight is 415 g/mol. The van der Waals surface area contributed by atoms with Crippen molar-refractivity contribution in [1.82, 2.24) is 0 Å². The first-order valence-electron chi connectivity index (χ1n) is 10.0. The van der Waals surface area contributed by atoms with E-state index < -0.39 is 11.8 Å². The topological polar surface area (TPSA) is 78.4 Å². The highest BCUT2D eigenvalue weighted by molar-refractivity contribution is 6.29. The lowest BCUT2D eigenvalue weighted by atomic mass is 10.0. The monoisotopic (exact) mass is 414 g/mol. The molecule has 0 aromatic heterocycles. The van der Waals surface area contributed by atoms with Crippen LogP contribution >= 0.6 is 0 Å². The van der Waals surface area contributed by atoms with Crippen molar-refractivity contribution < 1.29 is 14.7 Å². The van der Waals surface area contributed by atoms with Gasteiger partial charge in [0.2, 0.25) is 0 Å². The molecule has 158 valence electrons. The Hall–Kier alpha value is -3.86. The summed E-state index contributed by atoms with van der Waals surface area (Å²) in [6.07, 6.45) is 1.54. The van der Waals surface area contributed by atoms with Crippen LogP contribution in [0.4, 0.5) is 11.4 Å². The minimum absolute atomic E-state index is 0.0315. The second-order valence-electron chi connectivity index (χ2n) is 7.60. The van der Waals surface area contributed by atoms with E-state index >= 15 is 0 Å². The second kappa shape index (κ2) is 9.30. The molecule has 0 heterocycles. The van der Waals surface area contributed by atoms with Crippen molar-refractivity contribution in [3.05, 3.63) is 94.1 Å². The predicted molar refractivity (Wildman–Crippen MR) is 125 cm³/mol. The van der Waals surface area contributed by atoms with Crippen LogP contribution in [-0.2, 0) is 9.59 Å². The van der Waals surface area contributed by atoms with Crippen LogP contribution < -0.4 is 10.6 Å². The summed E-state index contributed by atoms with van der Waals surface area (Å²) in [7, 11) is 0. The molecule has 0 aliphatic carbocycles. The molecule has 0 saturated heterocycles. The van der Waals surface area contributed by atoms with Gasteiger partial charge in [-0.2, -0.15) is 0 Å². The number of benzene rings is 3. The molecule has 3 N–H and O–H groups in total. The van der Waals surface area contributed by atoms with Gasteiger partial charge in [-0.25, -0.2) is 0 Å². The van der Waals surface area contributed by atoms with Crippen LogP contribution in [0.1, 0.15) is 27.8 Å². The summed E-state index contributed by atoms with van der Waals surface area (Å²) < 4.78 is 0. The van der Waals surface area contributed by atoms with E-state index in [0.29, 0.717) is 28.1 Å². The maximum Gasteiger partial charge on any atom is 0.261 e. The van der Waals surface area contributed by atoms with Gasteiger partial charge in [0, 0.05) is 11.4 Å². The van der Waals surface area contributed by atoms with Crippen LogP contribution in [0.15, 0.2) is 66.2 Å². The fraction of sp³-hybridized carbons (Fsp3) is 0.154. The largest absolute Gasteiger partial charge is 0.507 e. The van der Waals surface area contributed by atoms with Gasteiger partial charge < -0.3 is 15.7 Å². The summed E-state index contributed by atoms with van der Waals surface area (Å²) in [6.45, 7) is 7.33. The van der Waals surface area contributed by atoms with E-state index in [1.807, 2.05) is 50.2 Å². The quantitative estimate of drug-likeness (QED) is 0.302. The molecule has 5 heteroatoms. The van der Waals surface area contributed by atoms with Gasteiger partial charge in [-0.1, -0.05) is 36.4 Å². The van der Waals surface area contributed by atoms with Gasteiger partial charge in [0.05, 0.1) is 0 Å². The number of hydrogen-bond donors (Lipinski definition) is 3. The first-order chi connectivity index (χ1) is 14.8. The Morgan fingerprint density at radius 3 is 1.55 bits per heavy atom. The van der Waals surface area contributed by atoms with E-state index in [1.165, 1.54) is 0 Å². The zero-order chi connectivity index (χ0) is 22.5. The molecule has 0 atom stereocenters. The van der Waals surface area contributed by atoms with E-state index in [0.717, 1.165) is 11.1 Å². The smallest absolute Gasteiger partial charge is 0.261 e. The first-order valence-corrected chi connectivity index (χ1v) is 10.0. The van der Waals surface area contributed by atoms with Gasteiger partial charge in [0.15, 0.2) is 0 Å². The summed E-state index contributed by atoms with van der Waals surface area (Å²) in [5.41, 5.74) is 5.03. The summed E-state index contributed by atoms with van der Waals surface area (Å²) >= 11 is 0. The van der Waals surface area contributed by atoms with Gasteiger partial charge in [0.25, 0.3) is 11.8 Å². The summed E-state index contributed by atoms with van der Waals surface area (Å²) in [5.74, 6) is -0.819. The van der Waals surface area contributed by atoms with E-state index in [1.54, 1.807) is 44.2 Å². The molecule has 2 amide bonds. The molecule has 31 heavy (non-hydrogen) atoms. The van der Waals surface area contributed by atoms with E-state index in [-0.39, 0.29) is 11.3 Å². The highest BCUT2D eigenvalue weighted by atomic mass is 16.3. The number of aromatic hydroxyl groups is 1. The van der Waals surface area contributed by atoms with Crippen molar-refractivity contribution in [1.29, 1.82) is 0 Å². The maximum atomic E-state index is 13.1. The van der Waals surface area contributed by atoms with Crippen molar-refractivity contribution in [2.45, 2.75) is 27.7 Å². The number of carbonyl (C=O) groups excluding carboxylic acids is 2. The van der Waals surface area contributed by atoms with Gasteiger partial charge >= 0.3 is 0 Å². The number of para-hydroxylation sites is 2. The lowest BCUT2D eigenvalue weighted by molar-refractivity contribution is -0.118. The molecule has 0 aliphatic rings. The molecule has 0 aliphatic heterocycles. The van der Waals surface area contributed by atoms with Gasteiger partial charge in [-0.3, -0.25) is 9.59 Å². The molecule has 0 spiro atoms. The lowest BCUT2D eigenvalue weighted by Crippen LogP contribution is -2.26. The third-order valence-electron chi connectivity index (χ3n) is 5.10. The number of anilines is 2. The Morgan fingerprint density at radius 2 is 1.13 bits per heavy atom.